The molecule has 3 nitrogen and oxygen atoms in total. The molecule has 1 aliphatic heterocycles. The molecule has 1 fully saturated rings. The third-order valence-electron chi connectivity index (χ3n) is 2.41. The third-order valence-corrected chi connectivity index (χ3v) is 2.41. The normalized spacial score (nSPS) is 26.8. The fraction of sp³-hybridized carbons (Fsp3) is 0.364. The van der Waals surface area contributed by atoms with Crippen LogP contribution in [0.2, 0.25) is 0 Å². The Kier molecular flexibility index (Phi) is 2.61. The Morgan fingerprint density at radius 3 is 2.64 bits per heavy atom. The van der Waals surface area contributed by atoms with Gasteiger partial charge in [0.15, 0.2) is 5.78 Å². The molecular weight excluding hydrogens is 180 g/mol. The smallest absolute Gasteiger partial charge is 0.166 e. The van der Waals surface area contributed by atoms with Gasteiger partial charge < -0.3 is 9.84 Å². The molecule has 0 amide bonds. The van der Waals surface area contributed by atoms with E-state index in [1.807, 2.05) is 30.3 Å². The Hall–Kier alpha value is -1.19. The second kappa shape index (κ2) is 3.90. The van der Waals surface area contributed by atoms with Crippen molar-refractivity contribution in [2.45, 2.75) is 18.6 Å². The lowest BCUT2D eigenvalue weighted by Gasteiger charge is -2.10. The SMILES string of the molecule is O=C1C[C@H](c2ccccc2)O[C@H]1CO. The maximum Gasteiger partial charge on any atom is 0.166 e. The summed E-state index contributed by atoms with van der Waals surface area (Å²) in [5.74, 6) is -0.0126. The second-order valence-electron chi connectivity index (χ2n) is 3.38. The zero-order valence-electron chi connectivity index (χ0n) is 7.72. The van der Waals surface area contributed by atoms with E-state index in [1.165, 1.54) is 0 Å². The Balaban J connectivity index is 2.13. The predicted molar refractivity (Wildman–Crippen MR) is 50.8 cm³/mol. The fourth-order valence-corrected chi connectivity index (χ4v) is 1.65. The number of rotatable bonds is 2. The quantitative estimate of drug-likeness (QED) is 0.762. The number of carbonyl (C=O) groups excluding carboxylic acids is 1. The van der Waals surface area contributed by atoms with Crippen molar-refractivity contribution >= 4 is 5.78 Å². The molecule has 1 aliphatic rings. The third kappa shape index (κ3) is 1.69. The molecule has 0 aliphatic carbocycles. The van der Waals surface area contributed by atoms with Crippen LogP contribution in [0.5, 0.6) is 0 Å². The number of Topliss-reactive ketones (excluding diaryl/α,β-unsaturated/α-hetero) is 1. The molecule has 0 spiro atoms. The van der Waals surface area contributed by atoms with Gasteiger partial charge in [-0.15, -0.1) is 0 Å². The molecule has 1 N–H and O–H groups in total. The van der Waals surface area contributed by atoms with Gasteiger partial charge in [-0.05, 0) is 5.56 Å². The number of aliphatic hydroxyl groups excluding tert-OH is 1. The first-order valence-corrected chi connectivity index (χ1v) is 4.65. The van der Waals surface area contributed by atoms with Crippen LogP contribution < -0.4 is 0 Å². The number of ketones is 1. The van der Waals surface area contributed by atoms with E-state index >= 15 is 0 Å². The zero-order chi connectivity index (χ0) is 9.97. The number of benzene rings is 1. The molecule has 3 heteroatoms. The average molecular weight is 192 g/mol. The minimum absolute atomic E-state index is 0.0126. The first-order valence-electron chi connectivity index (χ1n) is 4.65. The van der Waals surface area contributed by atoms with Crippen molar-refractivity contribution in [2.24, 2.45) is 0 Å². The standard InChI is InChI=1S/C11H12O3/c12-7-11-9(13)6-10(14-11)8-4-2-1-3-5-8/h1-5,10-12H,6-7H2/t10-,11+/m1/s1. The van der Waals surface area contributed by atoms with E-state index in [9.17, 15) is 4.79 Å². The van der Waals surface area contributed by atoms with Crippen LogP contribution in [-0.4, -0.2) is 23.6 Å². The highest BCUT2D eigenvalue weighted by Gasteiger charge is 2.33. The van der Waals surface area contributed by atoms with E-state index in [0.29, 0.717) is 6.42 Å². The highest BCUT2D eigenvalue weighted by Crippen LogP contribution is 2.29. The lowest BCUT2D eigenvalue weighted by atomic mass is 10.1. The average Bonchev–Trinajstić information content (AvgIpc) is 2.61. The van der Waals surface area contributed by atoms with Gasteiger partial charge in [-0.2, -0.15) is 0 Å². The summed E-state index contributed by atoms with van der Waals surface area (Å²) >= 11 is 0. The van der Waals surface area contributed by atoms with E-state index in [0.717, 1.165) is 5.56 Å². The molecule has 2 rings (SSSR count). The minimum atomic E-state index is -0.625. The Bertz CT molecular complexity index is 321. The van der Waals surface area contributed by atoms with Crippen LogP contribution in [0.4, 0.5) is 0 Å². The van der Waals surface area contributed by atoms with Crippen LogP contribution in [-0.2, 0) is 9.53 Å². The molecule has 1 saturated heterocycles. The summed E-state index contributed by atoms with van der Waals surface area (Å²) in [6, 6.07) is 9.60. The van der Waals surface area contributed by atoms with Crippen molar-refractivity contribution in [2.75, 3.05) is 6.61 Å². The summed E-state index contributed by atoms with van der Waals surface area (Å²) < 4.78 is 5.41. The molecule has 1 aromatic carbocycles. The van der Waals surface area contributed by atoms with Gasteiger partial charge in [0.05, 0.1) is 12.7 Å². The van der Waals surface area contributed by atoms with Crippen molar-refractivity contribution in [3.63, 3.8) is 0 Å². The Labute approximate surface area is 82.3 Å². The highest BCUT2D eigenvalue weighted by atomic mass is 16.5. The number of aliphatic hydroxyl groups is 1. The van der Waals surface area contributed by atoms with Gasteiger partial charge in [-0.1, -0.05) is 30.3 Å². The summed E-state index contributed by atoms with van der Waals surface area (Å²) in [6.07, 6.45) is -0.434. The molecule has 74 valence electrons. The monoisotopic (exact) mass is 192 g/mol. The van der Waals surface area contributed by atoms with Crippen LogP contribution in [0.15, 0.2) is 30.3 Å². The Morgan fingerprint density at radius 1 is 1.36 bits per heavy atom. The van der Waals surface area contributed by atoms with E-state index in [-0.39, 0.29) is 18.5 Å². The summed E-state index contributed by atoms with van der Waals surface area (Å²) in [6.45, 7) is -0.220. The van der Waals surface area contributed by atoms with Crippen molar-refractivity contribution in [3.8, 4) is 0 Å². The zero-order valence-corrected chi connectivity index (χ0v) is 7.72. The molecule has 1 aromatic rings. The Morgan fingerprint density at radius 2 is 2.07 bits per heavy atom. The molecule has 1 heterocycles. The maximum absolute atomic E-state index is 11.3. The number of ether oxygens (including phenoxy) is 1. The van der Waals surface area contributed by atoms with Crippen molar-refractivity contribution in [1.29, 1.82) is 0 Å². The molecule has 0 saturated carbocycles. The van der Waals surface area contributed by atoms with Crippen molar-refractivity contribution in [1.82, 2.24) is 0 Å². The summed E-state index contributed by atoms with van der Waals surface area (Å²) in [5.41, 5.74) is 0.997. The largest absolute Gasteiger partial charge is 0.393 e. The van der Waals surface area contributed by atoms with Crippen LogP contribution in [0.3, 0.4) is 0 Å². The van der Waals surface area contributed by atoms with Gasteiger partial charge in [-0.3, -0.25) is 4.79 Å². The van der Waals surface area contributed by atoms with Crippen LogP contribution in [0, 0.1) is 0 Å². The molecule has 2 atom stereocenters. The van der Waals surface area contributed by atoms with E-state index in [2.05, 4.69) is 0 Å². The summed E-state index contributed by atoms with van der Waals surface area (Å²) in [4.78, 5) is 11.3. The first-order chi connectivity index (χ1) is 6.81. The van der Waals surface area contributed by atoms with Gasteiger partial charge >= 0.3 is 0 Å². The lowest BCUT2D eigenvalue weighted by molar-refractivity contribution is -0.124. The van der Waals surface area contributed by atoms with Crippen LogP contribution in [0.1, 0.15) is 18.1 Å². The van der Waals surface area contributed by atoms with Crippen LogP contribution in [0.25, 0.3) is 0 Å². The van der Waals surface area contributed by atoms with E-state index in [1.54, 1.807) is 0 Å². The molecule has 0 radical (unpaired) electrons. The van der Waals surface area contributed by atoms with Crippen LogP contribution >= 0.6 is 0 Å². The van der Waals surface area contributed by atoms with E-state index in [4.69, 9.17) is 9.84 Å². The molecule has 14 heavy (non-hydrogen) atoms. The predicted octanol–water partition coefficient (Wildman–Crippen LogP) is 1.08. The number of hydrogen-bond donors (Lipinski definition) is 1. The topological polar surface area (TPSA) is 46.5 Å². The lowest BCUT2D eigenvalue weighted by Crippen LogP contribution is -2.19. The van der Waals surface area contributed by atoms with Gasteiger partial charge in [0, 0.05) is 6.42 Å². The highest BCUT2D eigenvalue weighted by molar-refractivity contribution is 5.85. The first kappa shape index (κ1) is 9.37. The number of carbonyl (C=O) groups is 1. The van der Waals surface area contributed by atoms with Gasteiger partial charge in [-0.25, -0.2) is 0 Å². The molecule has 0 unspecified atom stereocenters. The fourth-order valence-electron chi connectivity index (χ4n) is 1.65. The molecule has 0 aromatic heterocycles. The molecule has 0 bridgehead atoms. The summed E-state index contributed by atoms with van der Waals surface area (Å²) in [5, 5.41) is 8.86. The summed E-state index contributed by atoms with van der Waals surface area (Å²) in [7, 11) is 0. The minimum Gasteiger partial charge on any atom is -0.393 e. The van der Waals surface area contributed by atoms with Crippen molar-refractivity contribution < 1.29 is 14.6 Å². The van der Waals surface area contributed by atoms with E-state index < -0.39 is 6.10 Å². The van der Waals surface area contributed by atoms with Gasteiger partial charge in [0.2, 0.25) is 0 Å². The maximum atomic E-state index is 11.3. The second-order valence-corrected chi connectivity index (χ2v) is 3.38. The van der Waals surface area contributed by atoms with Crippen molar-refractivity contribution in [3.05, 3.63) is 35.9 Å². The number of hydrogen-bond acceptors (Lipinski definition) is 3. The van der Waals surface area contributed by atoms with Gasteiger partial charge in [0.1, 0.15) is 6.10 Å². The molecular formula is C11H12O3. The van der Waals surface area contributed by atoms with Gasteiger partial charge in [0.25, 0.3) is 0 Å².